The van der Waals surface area contributed by atoms with Gasteiger partial charge in [-0.3, -0.25) is 4.98 Å². The van der Waals surface area contributed by atoms with Crippen LogP contribution in [0.25, 0.3) is 11.3 Å². The fourth-order valence-corrected chi connectivity index (χ4v) is 2.21. The molecule has 0 amide bonds. The third-order valence-corrected chi connectivity index (χ3v) is 3.24. The standard InChI is InChI=1S/C17H18FNO2/c1-4-15-14(17(20)21-5-2)10-11(3)16(19-15)12-6-8-13(18)9-7-12/h6-10H,4-5H2,1-3H3. The first kappa shape index (κ1) is 15.2. The Labute approximate surface area is 123 Å². The van der Waals surface area contributed by atoms with E-state index in [1.165, 1.54) is 12.1 Å². The molecule has 2 aromatic rings. The number of nitrogens with zero attached hydrogens (tertiary/aromatic N) is 1. The van der Waals surface area contributed by atoms with E-state index >= 15 is 0 Å². The summed E-state index contributed by atoms with van der Waals surface area (Å²) in [6.07, 6.45) is 0.628. The minimum atomic E-state index is -0.351. The van der Waals surface area contributed by atoms with E-state index in [1.54, 1.807) is 25.1 Å². The van der Waals surface area contributed by atoms with Crippen molar-refractivity contribution in [3.8, 4) is 11.3 Å². The van der Waals surface area contributed by atoms with Gasteiger partial charge >= 0.3 is 5.97 Å². The van der Waals surface area contributed by atoms with Crippen LogP contribution in [0.4, 0.5) is 4.39 Å². The summed E-state index contributed by atoms with van der Waals surface area (Å²) >= 11 is 0. The first-order valence-electron chi connectivity index (χ1n) is 7.00. The number of carbonyl (C=O) groups is 1. The number of hydrogen-bond acceptors (Lipinski definition) is 3. The lowest BCUT2D eigenvalue weighted by Crippen LogP contribution is -2.11. The molecule has 0 aliphatic carbocycles. The second-order valence-corrected chi connectivity index (χ2v) is 4.73. The SMILES string of the molecule is CCOC(=O)c1cc(C)c(-c2ccc(F)cc2)nc1CC. The van der Waals surface area contributed by atoms with E-state index < -0.39 is 0 Å². The van der Waals surface area contributed by atoms with Crippen LogP contribution < -0.4 is 0 Å². The van der Waals surface area contributed by atoms with Crippen LogP contribution in [0.3, 0.4) is 0 Å². The Kier molecular flexibility index (Phi) is 4.68. The molecular formula is C17H18FNO2. The van der Waals surface area contributed by atoms with Gasteiger partial charge in [-0.1, -0.05) is 6.92 Å². The number of rotatable bonds is 4. The molecule has 0 saturated carbocycles. The second kappa shape index (κ2) is 6.48. The van der Waals surface area contributed by atoms with Crippen LogP contribution in [0.1, 0.15) is 35.5 Å². The maximum atomic E-state index is 13.0. The fourth-order valence-electron chi connectivity index (χ4n) is 2.21. The van der Waals surface area contributed by atoms with Crippen molar-refractivity contribution >= 4 is 5.97 Å². The summed E-state index contributed by atoms with van der Waals surface area (Å²) in [6.45, 7) is 5.93. The van der Waals surface area contributed by atoms with Gasteiger partial charge in [-0.25, -0.2) is 9.18 Å². The number of benzene rings is 1. The number of esters is 1. The van der Waals surface area contributed by atoms with Crippen LogP contribution in [-0.4, -0.2) is 17.6 Å². The van der Waals surface area contributed by atoms with Crippen molar-refractivity contribution in [2.24, 2.45) is 0 Å². The van der Waals surface area contributed by atoms with Crippen LogP contribution in [0.15, 0.2) is 30.3 Å². The molecule has 1 aromatic carbocycles. The van der Waals surface area contributed by atoms with Gasteiger partial charge in [0.05, 0.1) is 23.6 Å². The van der Waals surface area contributed by atoms with Gasteiger partial charge in [0, 0.05) is 5.56 Å². The number of carbonyl (C=O) groups excluding carboxylic acids is 1. The Hall–Kier alpha value is -2.23. The van der Waals surface area contributed by atoms with E-state index in [4.69, 9.17) is 4.74 Å². The Balaban J connectivity index is 2.50. The molecule has 21 heavy (non-hydrogen) atoms. The lowest BCUT2D eigenvalue weighted by molar-refractivity contribution is 0.0524. The molecular weight excluding hydrogens is 269 g/mol. The Morgan fingerprint density at radius 2 is 1.90 bits per heavy atom. The Morgan fingerprint density at radius 1 is 1.24 bits per heavy atom. The highest BCUT2D eigenvalue weighted by atomic mass is 19.1. The zero-order chi connectivity index (χ0) is 15.4. The molecule has 4 heteroatoms. The van der Waals surface area contributed by atoms with Crippen molar-refractivity contribution in [1.82, 2.24) is 4.98 Å². The molecule has 110 valence electrons. The third kappa shape index (κ3) is 3.27. The molecule has 0 atom stereocenters. The van der Waals surface area contributed by atoms with Crippen molar-refractivity contribution < 1.29 is 13.9 Å². The largest absolute Gasteiger partial charge is 0.462 e. The van der Waals surface area contributed by atoms with Gasteiger partial charge in [-0.05, 0) is 56.2 Å². The van der Waals surface area contributed by atoms with E-state index in [9.17, 15) is 9.18 Å². The molecule has 0 aliphatic heterocycles. The van der Waals surface area contributed by atoms with Crippen LogP contribution in [-0.2, 0) is 11.2 Å². The van der Waals surface area contributed by atoms with Crippen molar-refractivity contribution in [3.63, 3.8) is 0 Å². The number of hydrogen-bond donors (Lipinski definition) is 0. The van der Waals surface area contributed by atoms with Crippen LogP contribution in [0.2, 0.25) is 0 Å². The molecule has 0 aliphatic rings. The van der Waals surface area contributed by atoms with Crippen molar-refractivity contribution in [2.45, 2.75) is 27.2 Å². The monoisotopic (exact) mass is 287 g/mol. The topological polar surface area (TPSA) is 39.2 Å². The second-order valence-electron chi connectivity index (χ2n) is 4.73. The zero-order valence-corrected chi connectivity index (χ0v) is 12.4. The van der Waals surface area contributed by atoms with Gasteiger partial charge in [-0.15, -0.1) is 0 Å². The van der Waals surface area contributed by atoms with Crippen molar-refractivity contribution in [3.05, 3.63) is 53.0 Å². The Morgan fingerprint density at radius 3 is 2.48 bits per heavy atom. The summed E-state index contributed by atoms with van der Waals surface area (Å²) < 4.78 is 18.1. The van der Waals surface area contributed by atoms with E-state index in [0.717, 1.165) is 16.8 Å². The van der Waals surface area contributed by atoms with Crippen LogP contribution in [0, 0.1) is 12.7 Å². The average molecular weight is 287 g/mol. The number of ether oxygens (including phenoxy) is 1. The van der Waals surface area contributed by atoms with E-state index in [-0.39, 0.29) is 11.8 Å². The van der Waals surface area contributed by atoms with Gasteiger partial charge in [0.25, 0.3) is 0 Å². The maximum absolute atomic E-state index is 13.0. The molecule has 0 saturated heterocycles. The van der Waals surface area contributed by atoms with E-state index in [1.807, 2.05) is 13.8 Å². The number of halogens is 1. The van der Waals surface area contributed by atoms with Crippen LogP contribution in [0.5, 0.6) is 0 Å². The number of aryl methyl sites for hydroxylation is 2. The smallest absolute Gasteiger partial charge is 0.339 e. The van der Waals surface area contributed by atoms with Gasteiger partial charge in [0.2, 0.25) is 0 Å². The summed E-state index contributed by atoms with van der Waals surface area (Å²) in [7, 11) is 0. The molecule has 0 fully saturated rings. The van der Waals surface area contributed by atoms with Crippen molar-refractivity contribution in [2.75, 3.05) is 6.61 Å². The minimum absolute atomic E-state index is 0.282. The van der Waals surface area contributed by atoms with E-state index in [2.05, 4.69) is 4.98 Å². The molecule has 3 nitrogen and oxygen atoms in total. The van der Waals surface area contributed by atoms with E-state index in [0.29, 0.717) is 24.3 Å². The quantitative estimate of drug-likeness (QED) is 0.800. The molecule has 0 spiro atoms. The van der Waals surface area contributed by atoms with Gasteiger partial charge in [-0.2, -0.15) is 0 Å². The predicted octanol–water partition coefficient (Wildman–Crippen LogP) is 3.94. The molecule has 1 aromatic heterocycles. The highest BCUT2D eigenvalue weighted by Crippen LogP contribution is 2.24. The third-order valence-electron chi connectivity index (χ3n) is 3.24. The van der Waals surface area contributed by atoms with Gasteiger partial charge in [0.15, 0.2) is 0 Å². The predicted molar refractivity (Wildman–Crippen MR) is 79.7 cm³/mol. The molecule has 2 rings (SSSR count). The summed E-state index contributed by atoms with van der Waals surface area (Å²) in [4.78, 5) is 16.5. The first-order chi connectivity index (χ1) is 10.1. The summed E-state index contributed by atoms with van der Waals surface area (Å²) in [5, 5.41) is 0. The highest BCUT2D eigenvalue weighted by Gasteiger charge is 2.16. The van der Waals surface area contributed by atoms with Gasteiger partial charge < -0.3 is 4.74 Å². The Bertz CT molecular complexity index is 651. The molecule has 0 N–H and O–H groups in total. The highest BCUT2D eigenvalue weighted by molar-refractivity contribution is 5.91. The molecule has 1 heterocycles. The summed E-state index contributed by atoms with van der Waals surface area (Å²) in [6, 6.07) is 7.98. The fraction of sp³-hybridized carbons (Fsp3) is 0.294. The first-order valence-corrected chi connectivity index (χ1v) is 7.00. The average Bonchev–Trinajstić information content (AvgIpc) is 2.48. The van der Waals surface area contributed by atoms with Gasteiger partial charge in [0.1, 0.15) is 5.82 Å². The molecule has 0 radical (unpaired) electrons. The maximum Gasteiger partial charge on any atom is 0.339 e. The minimum Gasteiger partial charge on any atom is -0.462 e. The number of aromatic nitrogens is 1. The molecule has 0 unspecified atom stereocenters. The summed E-state index contributed by atoms with van der Waals surface area (Å²) in [5.74, 6) is -0.633. The van der Waals surface area contributed by atoms with Crippen molar-refractivity contribution in [1.29, 1.82) is 0 Å². The normalized spacial score (nSPS) is 10.5. The number of pyridine rings is 1. The molecule has 0 bridgehead atoms. The zero-order valence-electron chi connectivity index (χ0n) is 12.4. The lowest BCUT2D eigenvalue weighted by Gasteiger charge is -2.12. The summed E-state index contributed by atoms with van der Waals surface area (Å²) in [5.41, 5.74) is 3.65. The lowest BCUT2D eigenvalue weighted by atomic mass is 10.0. The van der Waals surface area contributed by atoms with Crippen LogP contribution >= 0.6 is 0 Å².